The van der Waals surface area contributed by atoms with E-state index in [4.69, 9.17) is 14.2 Å². The summed E-state index contributed by atoms with van der Waals surface area (Å²) in [6, 6.07) is 14.4. The number of hydrazone groups is 1. The molecule has 0 radical (unpaired) electrons. The first-order valence-corrected chi connectivity index (χ1v) is 9.20. The van der Waals surface area contributed by atoms with E-state index in [0.29, 0.717) is 17.2 Å². The van der Waals surface area contributed by atoms with Crippen molar-refractivity contribution in [2.45, 2.75) is 6.54 Å². The zero-order valence-corrected chi connectivity index (χ0v) is 16.3. The van der Waals surface area contributed by atoms with E-state index in [-0.39, 0.29) is 0 Å². The van der Waals surface area contributed by atoms with Gasteiger partial charge in [0.1, 0.15) is 12.3 Å². The summed E-state index contributed by atoms with van der Waals surface area (Å²) in [6.45, 7) is 5.11. The van der Waals surface area contributed by atoms with Gasteiger partial charge in [0.15, 0.2) is 11.5 Å². The van der Waals surface area contributed by atoms with Crippen LogP contribution in [-0.4, -0.2) is 58.7 Å². The van der Waals surface area contributed by atoms with E-state index in [1.807, 2.05) is 18.3 Å². The highest BCUT2D eigenvalue weighted by molar-refractivity contribution is 5.85. The molecule has 27 heavy (non-hydrogen) atoms. The van der Waals surface area contributed by atoms with Crippen molar-refractivity contribution in [3.63, 3.8) is 0 Å². The molecule has 0 amide bonds. The minimum absolute atomic E-state index is 0.643. The van der Waals surface area contributed by atoms with E-state index in [9.17, 15) is 0 Å². The van der Waals surface area contributed by atoms with Gasteiger partial charge in [-0.15, -0.1) is 0 Å². The molecule has 0 bridgehead atoms. The smallest absolute Gasteiger partial charge is 0.164 e. The number of methoxy groups -OCH3 is 3. The van der Waals surface area contributed by atoms with Crippen LogP contribution in [0.4, 0.5) is 0 Å². The van der Waals surface area contributed by atoms with Crippen LogP contribution < -0.4 is 19.1 Å². The average molecular weight is 370 g/mol. The first-order valence-electron chi connectivity index (χ1n) is 9.20. The second-order valence-corrected chi connectivity index (χ2v) is 6.56. The lowest BCUT2D eigenvalue weighted by atomic mass is 10.2. The Balaban J connectivity index is 1.60. The molecule has 1 saturated heterocycles. The molecule has 2 aromatic carbocycles. The Kier molecular flexibility index (Phi) is 6.54. The maximum atomic E-state index is 5.46. The van der Waals surface area contributed by atoms with E-state index in [0.717, 1.165) is 38.3 Å². The van der Waals surface area contributed by atoms with Gasteiger partial charge in [-0.05, 0) is 6.07 Å². The van der Waals surface area contributed by atoms with Gasteiger partial charge in [0.25, 0.3) is 0 Å². The molecule has 1 aliphatic heterocycles. The Morgan fingerprint density at radius 3 is 2.19 bits per heavy atom. The number of nitrogens with zero attached hydrogens (tertiary/aromatic N) is 2. The van der Waals surface area contributed by atoms with Gasteiger partial charge in [0.05, 0.1) is 53.7 Å². The molecule has 0 saturated carbocycles. The molecule has 0 aliphatic carbocycles. The Morgan fingerprint density at radius 1 is 0.926 bits per heavy atom. The van der Waals surface area contributed by atoms with E-state index in [2.05, 4.69) is 40.4 Å². The van der Waals surface area contributed by atoms with Crippen LogP contribution in [0.3, 0.4) is 0 Å². The zero-order chi connectivity index (χ0) is 19.1. The predicted octanol–water partition coefficient (Wildman–Crippen LogP) is 1.45. The molecule has 6 nitrogen and oxygen atoms in total. The highest BCUT2D eigenvalue weighted by Crippen LogP contribution is 2.33. The van der Waals surface area contributed by atoms with Gasteiger partial charge in [-0.1, -0.05) is 30.3 Å². The Morgan fingerprint density at radius 2 is 1.56 bits per heavy atom. The number of quaternary nitrogens is 1. The minimum atomic E-state index is 0.643. The molecular formula is C21H28N3O3+. The van der Waals surface area contributed by atoms with E-state index in [1.54, 1.807) is 26.2 Å². The maximum absolute atomic E-state index is 5.46. The Labute approximate surface area is 160 Å². The molecule has 2 aromatic rings. The number of hydrogen-bond acceptors (Lipinski definition) is 5. The van der Waals surface area contributed by atoms with Gasteiger partial charge in [-0.25, -0.2) is 0 Å². The fourth-order valence-corrected chi connectivity index (χ4v) is 3.29. The van der Waals surface area contributed by atoms with Crippen molar-refractivity contribution in [1.82, 2.24) is 5.01 Å². The Hall–Kier alpha value is -2.73. The number of hydrogen-bond donors (Lipinski definition) is 1. The first kappa shape index (κ1) is 19.0. The molecule has 0 spiro atoms. The second kappa shape index (κ2) is 9.28. The van der Waals surface area contributed by atoms with Crippen molar-refractivity contribution < 1.29 is 19.1 Å². The lowest BCUT2D eigenvalue weighted by Gasteiger charge is -2.30. The van der Waals surface area contributed by atoms with Crippen LogP contribution in [-0.2, 0) is 6.54 Å². The summed E-state index contributed by atoms with van der Waals surface area (Å²) in [5.41, 5.74) is 2.26. The predicted molar refractivity (Wildman–Crippen MR) is 106 cm³/mol. The van der Waals surface area contributed by atoms with Crippen LogP contribution in [0.25, 0.3) is 0 Å². The van der Waals surface area contributed by atoms with E-state index in [1.165, 1.54) is 5.56 Å². The fourth-order valence-electron chi connectivity index (χ4n) is 3.29. The third-order valence-corrected chi connectivity index (χ3v) is 4.84. The molecule has 144 valence electrons. The van der Waals surface area contributed by atoms with Crippen LogP contribution in [0.5, 0.6) is 17.2 Å². The van der Waals surface area contributed by atoms with Gasteiger partial charge in [-0.2, -0.15) is 5.10 Å². The van der Waals surface area contributed by atoms with Crippen LogP contribution >= 0.6 is 0 Å². The summed E-state index contributed by atoms with van der Waals surface area (Å²) in [6.07, 6.45) is 1.84. The monoisotopic (exact) mass is 370 g/mol. The summed E-state index contributed by atoms with van der Waals surface area (Å²) >= 11 is 0. The van der Waals surface area contributed by atoms with Gasteiger partial charge in [0, 0.05) is 17.2 Å². The van der Waals surface area contributed by atoms with Crippen LogP contribution in [0.2, 0.25) is 0 Å². The number of piperazine rings is 1. The van der Waals surface area contributed by atoms with Crippen LogP contribution in [0.15, 0.2) is 47.6 Å². The standard InChI is InChI=1S/C21H27N3O3/c1-25-19-14-21(27-3)20(26-2)13-18(19)15-22-24-11-9-23(10-12-24)16-17-7-5-4-6-8-17/h4-8,13-15H,9-12,16H2,1-3H3/p+1/b22-15-. The fraction of sp³-hybridized carbons (Fsp3) is 0.381. The summed E-state index contributed by atoms with van der Waals surface area (Å²) in [7, 11) is 4.88. The highest BCUT2D eigenvalue weighted by Gasteiger charge is 2.19. The van der Waals surface area contributed by atoms with Crippen molar-refractivity contribution >= 4 is 6.21 Å². The summed E-state index contributed by atoms with van der Waals surface area (Å²) in [5.74, 6) is 2.02. The highest BCUT2D eigenvalue weighted by atomic mass is 16.5. The third-order valence-electron chi connectivity index (χ3n) is 4.84. The number of nitrogens with one attached hydrogen (secondary N) is 1. The van der Waals surface area contributed by atoms with Crippen molar-refractivity contribution in [2.75, 3.05) is 47.5 Å². The van der Waals surface area contributed by atoms with Crippen molar-refractivity contribution in [1.29, 1.82) is 0 Å². The number of benzene rings is 2. The summed E-state index contributed by atoms with van der Waals surface area (Å²) in [5, 5.41) is 6.77. The lowest BCUT2D eigenvalue weighted by molar-refractivity contribution is -0.918. The quantitative estimate of drug-likeness (QED) is 0.750. The first-order chi connectivity index (χ1) is 13.2. The molecule has 6 heteroatoms. The lowest BCUT2D eigenvalue weighted by Crippen LogP contribution is -3.13. The van der Waals surface area contributed by atoms with Gasteiger partial charge in [0.2, 0.25) is 0 Å². The molecule has 1 aliphatic rings. The molecule has 1 N–H and O–H groups in total. The SMILES string of the molecule is COc1cc(OC)c(OC)cc1/C=N\N1CC[NH+](Cc2ccccc2)CC1. The summed E-state index contributed by atoms with van der Waals surface area (Å²) < 4.78 is 16.2. The topological polar surface area (TPSA) is 47.7 Å². The molecule has 3 rings (SSSR count). The van der Waals surface area contributed by atoms with Crippen LogP contribution in [0, 0.1) is 0 Å². The Bertz CT molecular complexity index is 757. The molecule has 0 unspecified atom stereocenters. The zero-order valence-electron chi connectivity index (χ0n) is 16.3. The van der Waals surface area contributed by atoms with Gasteiger partial charge in [-0.3, -0.25) is 5.01 Å². The molecule has 1 fully saturated rings. The van der Waals surface area contributed by atoms with Crippen LogP contribution in [0.1, 0.15) is 11.1 Å². The second-order valence-electron chi connectivity index (χ2n) is 6.56. The normalized spacial score (nSPS) is 15.1. The average Bonchev–Trinajstić information content (AvgIpc) is 2.73. The van der Waals surface area contributed by atoms with Crippen molar-refractivity contribution in [2.24, 2.45) is 5.10 Å². The van der Waals surface area contributed by atoms with E-state index >= 15 is 0 Å². The molecular weight excluding hydrogens is 342 g/mol. The minimum Gasteiger partial charge on any atom is -0.496 e. The van der Waals surface area contributed by atoms with Gasteiger partial charge >= 0.3 is 0 Å². The number of ether oxygens (including phenoxy) is 3. The number of rotatable bonds is 7. The third kappa shape index (κ3) is 4.92. The van der Waals surface area contributed by atoms with Crippen molar-refractivity contribution in [3.05, 3.63) is 53.6 Å². The van der Waals surface area contributed by atoms with E-state index < -0.39 is 0 Å². The van der Waals surface area contributed by atoms with Gasteiger partial charge < -0.3 is 19.1 Å². The maximum Gasteiger partial charge on any atom is 0.164 e. The summed E-state index contributed by atoms with van der Waals surface area (Å²) in [4.78, 5) is 1.59. The molecule has 0 atom stereocenters. The molecule has 1 heterocycles. The van der Waals surface area contributed by atoms with Crippen molar-refractivity contribution in [3.8, 4) is 17.2 Å². The molecule has 0 aromatic heterocycles. The largest absolute Gasteiger partial charge is 0.496 e.